The number of rotatable bonds is 7. The second kappa shape index (κ2) is 10.2. The van der Waals surface area contributed by atoms with E-state index < -0.39 is 0 Å². The van der Waals surface area contributed by atoms with Gasteiger partial charge in [0.25, 0.3) is 11.5 Å². The van der Waals surface area contributed by atoms with Crippen LogP contribution in [0.4, 0.5) is 5.69 Å². The number of anilines is 1. The first kappa shape index (κ1) is 23.1. The molecule has 0 saturated carbocycles. The molecule has 34 heavy (non-hydrogen) atoms. The van der Waals surface area contributed by atoms with E-state index in [9.17, 15) is 14.4 Å². The number of carbonyl (C=O) groups excluding carboxylic acids is 2. The SMILES string of the molecule is COc1cccc(-n2cc(C(=O)NCCC(=O)Nc3cccc(Cl)c3)c3ccccc3c2=O)c1. The third-order valence-corrected chi connectivity index (χ3v) is 5.48. The van der Waals surface area contributed by atoms with Crippen LogP contribution in [0.2, 0.25) is 5.02 Å². The summed E-state index contributed by atoms with van der Waals surface area (Å²) < 4.78 is 6.69. The number of benzene rings is 3. The fourth-order valence-corrected chi connectivity index (χ4v) is 3.79. The molecule has 3 aromatic carbocycles. The van der Waals surface area contributed by atoms with E-state index in [1.54, 1.807) is 79.9 Å². The van der Waals surface area contributed by atoms with Crippen molar-refractivity contribution in [3.05, 3.63) is 99.9 Å². The molecule has 4 rings (SSSR count). The van der Waals surface area contributed by atoms with Gasteiger partial charge < -0.3 is 15.4 Å². The number of nitrogens with zero attached hydrogens (tertiary/aromatic N) is 1. The molecule has 8 heteroatoms. The molecule has 2 amide bonds. The van der Waals surface area contributed by atoms with E-state index in [0.717, 1.165) is 0 Å². The number of fused-ring (bicyclic) bond motifs is 1. The number of aromatic nitrogens is 1. The highest BCUT2D eigenvalue weighted by Gasteiger charge is 2.16. The van der Waals surface area contributed by atoms with Gasteiger partial charge in [0.1, 0.15) is 5.75 Å². The summed E-state index contributed by atoms with van der Waals surface area (Å²) in [6.45, 7) is 0.123. The molecule has 2 N–H and O–H groups in total. The van der Waals surface area contributed by atoms with Crippen molar-refractivity contribution in [1.82, 2.24) is 9.88 Å². The van der Waals surface area contributed by atoms with Gasteiger partial charge in [-0.05, 0) is 36.4 Å². The quantitative estimate of drug-likeness (QED) is 0.414. The van der Waals surface area contributed by atoms with E-state index in [2.05, 4.69) is 10.6 Å². The number of hydrogen-bond donors (Lipinski definition) is 2. The minimum atomic E-state index is -0.386. The van der Waals surface area contributed by atoms with Crippen molar-refractivity contribution in [2.75, 3.05) is 19.0 Å². The molecule has 0 atom stereocenters. The van der Waals surface area contributed by atoms with E-state index in [-0.39, 0.29) is 30.3 Å². The molecule has 1 aromatic heterocycles. The zero-order valence-electron chi connectivity index (χ0n) is 18.4. The summed E-state index contributed by atoms with van der Waals surface area (Å²) in [7, 11) is 1.55. The molecular weight excluding hydrogens is 454 g/mol. The largest absolute Gasteiger partial charge is 0.497 e. The molecule has 0 bridgehead atoms. The molecule has 1 heterocycles. The maximum atomic E-state index is 13.1. The first-order valence-corrected chi connectivity index (χ1v) is 11.0. The Bertz CT molecular complexity index is 1430. The van der Waals surface area contributed by atoms with Gasteiger partial charge in [-0.15, -0.1) is 0 Å². The Morgan fingerprint density at radius 2 is 1.74 bits per heavy atom. The van der Waals surface area contributed by atoms with E-state index >= 15 is 0 Å². The molecule has 172 valence electrons. The first-order chi connectivity index (χ1) is 16.5. The number of hydrogen-bond acceptors (Lipinski definition) is 4. The molecule has 0 unspecified atom stereocenters. The van der Waals surface area contributed by atoms with Gasteiger partial charge in [-0.2, -0.15) is 0 Å². The van der Waals surface area contributed by atoms with Crippen molar-refractivity contribution >= 4 is 39.9 Å². The number of halogens is 1. The molecule has 0 aliphatic carbocycles. The molecule has 0 aliphatic rings. The van der Waals surface area contributed by atoms with Gasteiger partial charge in [-0.3, -0.25) is 19.0 Å². The summed E-state index contributed by atoms with van der Waals surface area (Å²) in [5.74, 6) is -0.0496. The molecule has 0 radical (unpaired) electrons. The summed E-state index contributed by atoms with van der Waals surface area (Å²) >= 11 is 5.94. The number of methoxy groups -OCH3 is 1. The average molecular weight is 476 g/mol. The van der Waals surface area contributed by atoms with Gasteiger partial charge in [-0.25, -0.2) is 0 Å². The third kappa shape index (κ3) is 5.10. The second-order valence-corrected chi connectivity index (χ2v) is 7.97. The second-order valence-electron chi connectivity index (χ2n) is 7.53. The van der Waals surface area contributed by atoms with Crippen LogP contribution in [0.3, 0.4) is 0 Å². The smallest absolute Gasteiger partial charge is 0.262 e. The Morgan fingerprint density at radius 3 is 2.50 bits per heavy atom. The lowest BCUT2D eigenvalue weighted by Gasteiger charge is -2.13. The van der Waals surface area contributed by atoms with Crippen molar-refractivity contribution in [3.8, 4) is 11.4 Å². The highest BCUT2D eigenvalue weighted by molar-refractivity contribution is 6.30. The summed E-state index contributed by atoms with van der Waals surface area (Å²) in [6, 6.07) is 20.8. The van der Waals surface area contributed by atoms with Gasteiger partial charge in [0.15, 0.2) is 0 Å². The Morgan fingerprint density at radius 1 is 0.971 bits per heavy atom. The zero-order valence-corrected chi connectivity index (χ0v) is 19.1. The lowest BCUT2D eigenvalue weighted by Crippen LogP contribution is -2.29. The van der Waals surface area contributed by atoms with E-state index in [0.29, 0.717) is 38.5 Å². The van der Waals surface area contributed by atoms with Gasteiger partial charge >= 0.3 is 0 Å². The minimum Gasteiger partial charge on any atom is -0.497 e. The van der Waals surface area contributed by atoms with E-state index in [1.807, 2.05) is 0 Å². The van der Waals surface area contributed by atoms with E-state index in [1.165, 1.54) is 10.8 Å². The number of ether oxygens (including phenoxy) is 1. The van der Waals surface area contributed by atoms with Crippen molar-refractivity contribution in [1.29, 1.82) is 0 Å². The van der Waals surface area contributed by atoms with Crippen LogP contribution in [0.5, 0.6) is 5.75 Å². The number of amides is 2. The normalized spacial score (nSPS) is 10.6. The Kier molecular flexibility index (Phi) is 6.94. The predicted octanol–water partition coefficient (Wildman–Crippen LogP) is 4.41. The Labute approximate surface area is 200 Å². The van der Waals surface area contributed by atoms with Gasteiger partial charge in [0, 0.05) is 46.7 Å². The van der Waals surface area contributed by atoms with Crippen molar-refractivity contribution < 1.29 is 14.3 Å². The lowest BCUT2D eigenvalue weighted by molar-refractivity contribution is -0.116. The monoisotopic (exact) mass is 475 g/mol. The molecular formula is C26H22ClN3O4. The Hall–Kier alpha value is -4.10. The maximum absolute atomic E-state index is 13.1. The van der Waals surface area contributed by atoms with E-state index in [4.69, 9.17) is 16.3 Å². The third-order valence-electron chi connectivity index (χ3n) is 5.25. The summed E-state index contributed by atoms with van der Waals surface area (Å²) in [6.07, 6.45) is 1.59. The Balaban J connectivity index is 1.55. The van der Waals surface area contributed by atoms with Crippen molar-refractivity contribution in [2.45, 2.75) is 6.42 Å². The number of carbonyl (C=O) groups is 2. The first-order valence-electron chi connectivity index (χ1n) is 10.6. The molecule has 7 nitrogen and oxygen atoms in total. The number of nitrogens with one attached hydrogen (secondary N) is 2. The molecule has 0 aliphatic heterocycles. The van der Waals surface area contributed by atoms with Crippen molar-refractivity contribution in [3.63, 3.8) is 0 Å². The summed E-state index contributed by atoms with van der Waals surface area (Å²) in [4.78, 5) is 38.4. The average Bonchev–Trinajstić information content (AvgIpc) is 2.84. The molecule has 4 aromatic rings. The van der Waals surface area contributed by atoms with Crippen LogP contribution in [-0.4, -0.2) is 30.0 Å². The highest BCUT2D eigenvalue weighted by Crippen LogP contribution is 2.20. The number of pyridine rings is 1. The fourth-order valence-electron chi connectivity index (χ4n) is 3.60. The van der Waals surface area contributed by atoms with Crippen LogP contribution >= 0.6 is 11.6 Å². The van der Waals surface area contributed by atoms with Crippen LogP contribution in [0.15, 0.2) is 83.8 Å². The fraction of sp³-hybridized carbons (Fsp3) is 0.115. The minimum absolute atomic E-state index is 0.0751. The molecule has 0 saturated heterocycles. The summed E-state index contributed by atoms with van der Waals surface area (Å²) in [5.41, 5.74) is 1.24. The topological polar surface area (TPSA) is 89.4 Å². The van der Waals surface area contributed by atoms with Crippen LogP contribution in [0, 0.1) is 0 Å². The zero-order chi connectivity index (χ0) is 24.1. The van der Waals surface area contributed by atoms with Gasteiger partial charge in [0.2, 0.25) is 5.91 Å². The maximum Gasteiger partial charge on any atom is 0.262 e. The van der Waals surface area contributed by atoms with Crippen LogP contribution < -0.4 is 20.9 Å². The van der Waals surface area contributed by atoms with Crippen LogP contribution in [0.25, 0.3) is 16.5 Å². The predicted molar refractivity (Wildman–Crippen MR) is 133 cm³/mol. The molecule has 0 spiro atoms. The van der Waals surface area contributed by atoms with Gasteiger partial charge in [-0.1, -0.05) is 41.9 Å². The summed E-state index contributed by atoms with van der Waals surface area (Å²) in [5, 5.41) is 6.98. The van der Waals surface area contributed by atoms with Crippen molar-refractivity contribution in [2.24, 2.45) is 0 Å². The lowest BCUT2D eigenvalue weighted by atomic mass is 10.1. The molecule has 0 fully saturated rings. The standard InChI is InChI=1S/C26H22ClN3O4/c1-34-20-9-5-8-19(15-20)30-16-23(21-10-2-3-11-22(21)26(30)33)25(32)28-13-12-24(31)29-18-7-4-6-17(27)14-18/h2-11,14-16H,12-13H2,1H3,(H,28,32)(H,29,31). The van der Waals surface area contributed by atoms with Crippen LogP contribution in [0.1, 0.15) is 16.8 Å². The van der Waals surface area contributed by atoms with Gasteiger partial charge in [0.05, 0.1) is 18.4 Å². The highest BCUT2D eigenvalue weighted by atomic mass is 35.5. The van der Waals surface area contributed by atoms with Crippen LogP contribution in [-0.2, 0) is 4.79 Å².